The minimum absolute atomic E-state index is 0.509. The number of hydrogen-bond donors (Lipinski definition) is 1. The molecule has 0 unspecified atom stereocenters. The summed E-state index contributed by atoms with van der Waals surface area (Å²) in [5.41, 5.74) is 8.24. The Labute approximate surface area is 90.8 Å². The van der Waals surface area contributed by atoms with Crippen molar-refractivity contribution in [2.24, 2.45) is 5.73 Å². The second-order valence-electron chi connectivity index (χ2n) is 3.96. The van der Waals surface area contributed by atoms with Gasteiger partial charge in [0.25, 0.3) is 0 Å². The summed E-state index contributed by atoms with van der Waals surface area (Å²) in [7, 11) is 0. The number of para-hydroxylation sites is 1. The molecule has 0 amide bonds. The molecule has 15 heavy (non-hydrogen) atoms. The molecule has 1 aliphatic heterocycles. The summed E-state index contributed by atoms with van der Waals surface area (Å²) in [5, 5.41) is 0. The standard InChI is InChI=1S/C12H18N2O/c1-10-4-2-3-5-12(10)14(7-6-13)11-8-15-9-11/h2-5,11H,6-9,13H2,1H3. The van der Waals surface area contributed by atoms with Crippen LogP contribution in [0.5, 0.6) is 0 Å². The average molecular weight is 206 g/mol. The molecule has 3 nitrogen and oxygen atoms in total. The fourth-order valence-corrected chi connectivity index (χ4v) is 1.93. The van der Waals surface area contributed by atoms with Crippen molar-refractivity contribution >= 4 is 5.69 Å². The van der Waals surface area contributed by atoms with Gasteiger partial charge in [-0.3, -0.25) is 0 Å². The highest BCUT2D eigenvalue weighted by molar-refractivity contribution is 5.54. The van der Waals surface area contributed by atoms with Crippen LogP contribution < -0.4 is 10.6 Å². The normalized spacial score (nSPS) is 16.1. The van der Waals surface area contributed by atoms with Gasteiger partial charge < -0.3 is 15.4 Å². The summed E-state index contributed by atoms with van der Waals surface area (Å²) in [5.74, 6) is 0. The van der Waals surface area contributed by atoms with Crippen LogP contribution in [-0.2, 0) is 4.74 Å². The third-order valence-corrected chi connectivity index (χ3v) is 2.86. The topological polar surface area (TPSA) is 38.5 Å². The first-order valence-electron chi connectivity index (χ1n) is 5.43. The summed E-state index contributed by atoms with van der Waals surface area (Å²) >= 11 is 0. The van der Waals surface area contributed by atoms with E-state index in [1.54, 1.807) is 0 Å². The lowest BCUT2D eigenvalue weighted by Crippen LogP contribution is -2.51. The molecular weight excluding hydrogens is 188 g/mol. The van der Waals surface area contributed by atoms with Gasteiger partial charge in [-0.1, -0.05) is 18.2 Å². The largest absolute Gasteiger partial charge is 0.377 e. The minimum Gasteiger partial charge on any atom is -0.377 e. The molecule has 0 atom stereocenters. The van der Waals surface area contributed by atoms with Crippen molar-refractivity contribution in [2.45, 2.75) is 13.0 Å². The second kappa shape index (κ2) is 4.64. The zero-order valence-electron chi connectivity index (χ0n) is 9.15. The Kier molecular flexibility index (Phi) is 3.23. The molecule has 0 bridgehead atoms. The Morgan fingerprint density at radius 2 is 2.13 bits per heavy atom. The third-order valence-electron chi connectivity index (χ3n) is 2.86. The molecule has 1 fully saturated rings. The van der Waals surface area contributed by atoms with E-state index in [4.69, 9.17) is 10.5 Å². The number of nitrogens with two attached hydrogens (primary N) is 1. The van der Waals surface area contributed by atoms with Crippen molar-refractivity contribution in [1.29, 1.82) is 0 Å². The van der Waals surface area contributed by atoms with Gasteiger partial charge in [0.2, 0.25) is 0 Å². The number of nitrogens with zero attached hydrogens (tertiary/aromatic N) is 1. The predicted octanol–water partition coefficient (Wildman–Crippen LogP) is 1.16. The number of anilines is 1. The predicted molar refractivity (Wildman–Crippen MR) is 62.2 cm³/mol. The van der Waals surface area contributed by atoms with Gasteiger partial charge in [0.05, 0.1) is 19.3 Å². The molecule has 82 valence electrons. The highest BCUT2D eigenvalue weighted by Gasteiger charge is 2.26. The minimum atomic E-state index is 0.509. The molecule has 0 aliphatic carbocycles. The summed E-state index contributed by atoms with van der Waals surface area (Å²) in [6, 6.07) is 8.94. The van der Waals surface area contributed by atoms with Crippen LogP contribution in [0.2, 0.25) is 0 Å². The van der Waals surface area contributed by atoms with Crippen molar-refractivity contribution < 1.29 is 4.74 Å². The Hall–Kier alpha value is -1.06. The molecule has 3 heteroatoms. The van der Waals surface area contributed by atoms with Crippen LogP contribution in [0, 0.1) is 6.92 Å². The lowest BCUT2D eigenvalue weighted by atomic mass is 10.1. The quantitative estimate of drug-likeness (QED) is 0.803. The Morgan fingerprint density at radius 1 is 1.40 bits per heavy atom. The van der Waals surface area contributed by atoms with Crippen molar-refractivity contribution in [3.63, 3.8) is 0 Å². The van der Waals surface area contributed by atoms with E-state index in [2.05, 4.69) is 36.1 Å². The first kappa shape index (κ1) is 10.5. The molecule has 2 N–H and O–H groups in total. The third kappa shape index (κ3) is 2.13. The van der Waals surface area contributed by atoms with E-state index in [9.17, 15) is 0 Å². The fraction of sp³-hybridized carbons (Fsp3) is 0.500. The monoisotopic (exact) mass is 206 g/mol. The highest BCUT2D eigenvalue weighted by Crippen LogP contribution is 2.24. The van der Waals surface area contributed by atoms with Crippen molar-refractivity contribution in [3.05, 3.63) is 29.8 Å². The molecule has 0 radical (unpaired) electrons. The maximum Gasteiger partial charge on any atom is 0.0757 e. The molecule has 0 aromatic heterocycles. The van der Waals surface area contributed by atoms with E-state index in [0.29, 0.717) is 12.6 Å². The molecule has 0 saturated carbocycles. The summed E-state index contributed by atoms with van der Waals surface area (Å²) in [6.07, 6.45) is 0. The summed E-state index contributed by atoms with van der Waals surface area (Å²) in [6.45, 7) is 5.38. The number of benzene rings is 1. The second-order valence-corrected chi connectivity index (χ2v) is 3.96. The summed E-state index contributed by atoms with van der Waals surface area (Å²) in [4.78, 5) is 2.36. The smallest absolute Gasteiger partial charge is 0.0757 e. The van der Waals surface area contributed by atoms with E-state index in [1.807, 2.05) is 0 Å². The van der Waals surface area contributed by atoms with Crippen LogP contribution in [-0.4, -0.2) is 32.3 Å². The molecule has 1 aromatic carbocycles. The van der Waals surface area contributed by atoms with E-state index >= 15 is 0 Å². The molecule has 1 saturated heterocycles. The number of rotatable bonds is 4. The molecular formula is C12H18N2O. The zero-order valence-corrected chi connectivity index (χ0v) is 9.15. The molecule has 1 heterocycles. The maximum atomic E-state index is 5.65. The number of aryl methyl sites for hydroxylation is 1. The Balaban J connectivity index is 2.19. The maximum absolute atomic E-state index is 5.65. The lowest BCUT2D eigenvalue weighted by molar-refractivity contribution is 0.00828. The molecule has 1 aromatic rings. The molecule has 2 rings (SSSR count). The van der Waals surface area contributed by atoms with Crippen LogP contribution in [0.4, 0.5) is 5.69 Å². The molecule has 0 spiro atoms. The van der Waals surface area contributed by atoms with Gasteiger partial charge in [-0.15, -0.1) is 0 Å². The van der Waals surface area contributed by atoms with Crippen LogP contribution >= 0.6 is 0 Å². The Bertz CT molecular complexity index is 323. The van der Waals surface area contributed by atoms with Gasteiger partial charge in [-0.2, -0.15) is 0 Å². The van der Waals surface area contributed by atoms with Gasteiger partial charge in [0.15, 0.2) is 0 Å². The highest BCUT2D eigenvalue weighted by atomic mass is 16.5. The van der Waals surface area contributed by atoms with E-state index in [0.717, 1.165) is 19.8 Å². The SMILES string of the molecule is Cc1ccccc1N(CCN)C1COC1. The number of ether oxygens (including phenoxy) is 1. The summed E-state index contributed by atoms with van der Waals surface area (Å²) < 4.78 is 5.24. The van der Waals surface area contributed by atoms with E-state index in [-0.39, 0.29) is 0 Å². The van der Waals surface area contributed by atoms with Crippen LogP contribution in [0.25, 0.3) is 0 Å². The van der Waals surface area contributed by atoms with E-state index < -0.39 is 0 Å². The van der Waals surface area contributed by atoms with Crippen molar-refractivity contribution in [1.82, 2.24) is 0 Å². The Morgan fingerprint density at radius 3 is 2.67 bits per heavy atom. The van der Waals surface area contributed by atoms with Gasteiger partial charge in [-0.05, 0) is 18.6 Å². The van der Waals surface area contributed by atoms with Gasteiger partial charge >= 0.3 is 0 Å². The van der Waals surface area contributed by atoms with Gasteiger partial charge in [-0.25, -0.2) is 0 Å². The van der Waals surface area contributed by atoms with Crippen LogP contribution in [0.3, 0.4) is 0 Å². The first-order chi connectivity index (χ1) is 7.33. The lowest BCUT2D eigenvalue weighted by Gasteiger charge is -2.39. The van der Waals surface area contributed by atoms with Crippen molar-refractivity contribution in [3.8, 4) is 0 Å². The van der Waals surface area contributed by atoms with Gasteiger partial charge in [0, 0.05) is 18.8 Å². The van der Waals surface area contributed by atoms with Crippen LogP contribution in [0.1, 0.15) is 5.56 Å². The van der Waals surface area contributed by atoms with E-state index in [1.165, 1.54) is 11.3 Å². The number of hydrogen-bond acceptors (Lipinski definition) is 3. The average Bonchev–Trinajstić information content (AvgIpc) is 2.15. The fourth-order valence-electron chi connectivity index (χ4n) is 1.93. The molecule has 1 aliphatic rings. The van der Waals surface area contributed by atoms with Crippen LogP contribution in [0.15, 0.2) is 24.3 Å². The van der Waals surface area contributed by atoms with Gasteiger partial charge in [0.1, 0.15) is 0 Å². The zero-order chi connectivity index (χ0) is 10.7. The van der Waals surface area contributed by atoms with Crippen molar-refractivity contribution in [2.75, 3.05) is 31.2 Å². The first-order valence-corrected chi connectivity index (χ1v) is 5.43.